The lowest BCUT2D eigenvalue weighted by atomic mass is 10.3. The van der Waals surface area contributed by atoms with Gasteiger partial charge in [0.25, 0.3) is 0 Å². The maximum Gasteiger partial charge on any atom is 0.188 e. The zero-order valence-electron chi connectivity index (χ0n) is 7.41. The van der Waals surface area contributed by atoms with Gasteiger partial charge < -0.3 is 5.32 Å². The Balaban J connectivity index is 2.29. The summed E-state index contributed by atoms with van der Waals surface area (Å²) in [6, 6.07) is 0. The van der Waals surface area contributed by atoms with Gasteiger partial charge in [-0.15, -0.1) is 10.2 Å². The molecule has 1 aromatic rings. The van der Waals surface area contributed by atoms with Crippen molar-refractivity contribution < 1.29 is 0 Å². The highest BCUT2D eigenvalue weighted by atomic mass is 15.6. The molecule has 5 heteroatoms. The number of nitrogens with one attached hydrogen (secondary N) is 1. The standard InChI is InChI=1S/C7H13N5/c1-6(2)4-8-5-7-9-11-12(3)10-7/h8H,1,4-5H2,2-3H3. The minimum absolute atomic E-state index is 0.640. The third kappa shape index (κ3) is 2.79. The molecule has 0 radical (unpaired) electrons. The van der Waals surface area contributed by atoms with Gasteiger partial charge in [-0.2, -0.15) is 4.80 Å². The van der Waals surface area contributed by atoms with Crippen LogP contribution in [-0.4, -0.2) is 26.8 Å². The van der Waals surface area contributed by atoms with E-state index < -0.39 is 0 Å². The average Bonchev–Trinajstić information content (AvgIpc) is 2.35. The molecule has 66 valence electrons. The highest BCUT2D eigenvalue weighted by Crippen LogP contribution is 1.86. The molecule has 0 spiro atoms. The Hall–Kier alpha value is -1.23. The fraction of sp³-hybridized carbons (Fsp3) is 0.571. The van der Waals surface area contributed by atoms with Crippen LogP contribution in [0.3, 0.4) is 0 Å². The minimum Gasteiger partial charge on any atom is -0.306 e. The van der Waals surface area contributed by atoms with Gasteiger partial charge in [-0.3, -0.25) is 0 Å². The Kier molecular flexibility index (Phi) is 2.93. The van der Waals surface area contributed by atoms with Gasteiger partial charge in [-0.05, 0) is 12.1 Å². The predicted molar refractivity (Wildman–Crippen MR) is 45.3 cm³/mol. The monoisotopic (exact) mass is 167 g/mol. The van der Waals surface area contributed by atoms with Gasteiger partial charge in [0.1, 0.15) is 0 Å². The molecule has 0 saturated carbocycles. The largest absolute Gasteiger partial charge is 0.306 e. The first-order valence-electron chi connectivity index (χ1n) is 3.76. The summed E-state index contributed by atoms with van der Waals surface area (Å²) >= 11 is 0. The lowest BCUT2D eigenvalue weighted by Crippen LogP contribution is -2.16. The third-order valence-corrected chi connectivity index (χ3v) is 1.26. The lowest BCUT2D eigenvalue weighted by molar-refractivity contribution is 0.623. The van der Waals surface area contributed by atoms with Gasteiger partial charge >= 0.3 is 0 Å². The van der Waals surface area contributed by atoms with Crippen molar-refractivity contribution in [2.75, 3.05) is 6.54 Å². The van der Waals surface area contributed by atoms with Gasteiger partial charge in [-0.1, -0.05) is 12.2 Å². The first-order chi connectivity index (χ1) is 5.68. The number of hydrogen-bond donors (Lipinski definition) is 1. The number of aromatic nitrogens is 4. The first kappa shape index (κ1) is 8.86. The second-order valence-corrected chi connectivity index (χ2v) is 2.76. The molecule has 1 aromatic heterocycles. The first-order valence-corrected chi connectivity index (χ1v) is 3.76. The van der Waals surface area contributed by atoms with Crippen molar-refractivity contribution in [1.29, 1.82) is 0 Å². The van der Waals surface area contributed by atoms with E-state index in [-0.39, 0.29) is 0 Å². The highest BCUT2D eigenvalue weighted by Gasteiger charge is 1.97. The van der Waals surface area contributed by atoms with Crippen LogP contribution < -0.4 is 5.32 Å². The molecule has 0 saturated heterocycles. The van der Waals surface area contributed by atoms with Gasteiger partial charge in [0.2, 0.25) is 0 Å². The molecule has 1 N–H and O–H groups in total. The molecule has 0 aromatic carbocycles. The van der Waals surface area contributed by atoms with Crippen LogP contribution in [-0.2, 0) is 13.6 Å². The third-order valence-electron chi connectivity index (χ3n) is 1.26. The summed E-state index contributed by atoms with van der Waals surface area (Å²) in [6.07, 6.45) is 0. The van der Waals surface area contributed by atoms with Crippen molar-refractivity contribution >= 4 is 0 Å². The minimum atomic E-state index is 0.640. The molecule has 0 amide bonds. The summed E-state index contributed by atoms with van der Waals surface area (Å²) in [6.45, 7) is 7.17. The second kappa shape index (κ2) is 3.96. The molecule has 0 fully saturated rings. The number of hydrogen-bond acceptors (Lipinski definition) is 4. The van der Waals surface area contributed by atoms with Crippen LogP contribution in [0.5, 0.6) is 0 Å². The van der Waals surface area contributed by atoms with Crippen LogP contribution >= 0.6 is 0 Å². The quantitative estimate of drug-likeness (QED) is 0.635. The van der Waals surface area contributed by atoms with Crippen molar-refractivity contribution in [3.05, 3.63) is 18.0 Å². The Bertz CT molecular complexity index is 265. The van der Waals surface area contributed by atoms with Crippen LogP contribution in [0.1, 0.15) is 12.7 Å². The predicted octanol–water partition coefficient (Wildman–Crippen LogP) is -0.124. The summed E-state index contributed by atoms with van der Waals surface area (Å²) in [5.74, 6) is 0.707. The molecular formula is C7H13N5. The van der Waals surface area contributed by atoms with E-state index in [2.05, 4.69) is 27.3 Å². The van der Waals surface area contributed by atoms with Crippen LogP contribution in [0.2, 0.25) is 0 Å². The van der Waals surface area contributed by atoms with E-state index in [0.29, 0.717) is 12.4 Å². The van der Waals surface area contributed by atoms with Crippen molar-refractivity contribution in [3.8, 4) is 0 Å². The normalized spacial score (nSPS) is 10.2. The molecule has 0 aliphatic rings. The Morgan fingerprint density at radius 3 is 2.92 bits per heavy atom. The van der Waals surface area contributed by atoms with E-state index >= 15 is 0 Å². The maximum atomic E-state index is 4.01. The van der Waals surface area contributed by atoms with E-state index in [9.17, 15) is 0 Å². The molecule has 0 aliphatic carbocycles. The van der Waals surface area contributed by atoms with Gasteiger partial charge in [0.15, 0.2) is 5.82 Å². The zero-order valence-corrected chi connectivity index (χ0v) is 7.41. The Morgan fingerprint density at radius 2 is 2.42 bits per heavy atom. The number of rotatable bonds is 4. The topological polar surface area (TPSA) is 55.6 Å². The second-order valence-electron chi connectivity index (χ2n) is 2.76. The maximum absolute atomic E-state index is 4.01. The van der Waals surface area contributed by atoms with Gasteiger partial charge in [0, 0.05) is 6.54 Å². The summed E-state index contributed by atoms with van der Waals surface area (Å²) in [5.41, 5.74) is 1.10. The fourth-order valence-electron chi connectivity index (χ4n) is 0.782. The number of nitrogens with zero attached hydrogens (tertiary/aromatic N) is 4. The van der Waals surface area contributed by atoms with Crippen LogP contribution in [0.4, 0.5) is 0 Å². The zero-order chi connectivity index (χ0) is 8.97. The Morgan fingerprint density at radius 1 is 1.67 bits per heavy atom. The van der Waals surface area contributed by atoms with E-state index in [1.807, 2.05) is 6.92 Å². The fourth-order valence-corrected chi connectivity index (χ4v) is 0.782. The van der Waals surface area contributed by atoms with Crippen molar-refractivity contribution in [2.24, 2.45) is 7.05 Å². The molecule has 12 heavy (non-hydrogen) atoms. The van der Waals surface area contributed by atoms with Crippen molar-refractivity contribution in [2.45, 2.75) is 13.5 Å². The SMILES string of the molecule is C=C(C)CNCc1nnn(C)n1. The molecule has 0 atom stereocenters. The number of tetrazole rings is 1. The van der Waals surface area contributed by atoms with Crippen LogP contribution in [0, 0.1) is 0 Å². The smallest absolute Gasteiger partial charge is 0.188 e. The molecule has 1 rings (SSSR count). The van der Waals surface area contributed by atoms with Crippen LogP contribution in [0.25, 0.3) is 0 Å². The summed E-state index contributed by atoms with van der Waals surface area (Å²) in [5, 5.41) is 14.7. The Labute approximate surface area is 71.5 Å². The molecule has 0 aliphatic heterocycles. The van der Waals surface area contributed by atoms with Gasteiger partial charge in [0.05, 0.1) is 13.6 Å². The van der Waals surface area contributed by atoms with Crippen molar-refractivity contribution in [3.63, 3.8) is 0 Å². The molecular weight excluding hydrogens is 154 g/mol. The summed E-state index contributed by atoms with van der Waals surface area (Å²) in [4.78, 5) is 1.44. The summed E-state index contributed by atoms with van der Waals surface area (Å²) < 4.78 is 0. The van der Waals surface area contributed by atoms with E-state index in [4.69, 9.17) is 0 Å². The van der Waals surface area contributed by atoms with Gasteiger partial charge in [-0.25, -0.2) is 0 Å². The van der Waals surface area contributed by atoms with Crippen molar-refractivity contribution in [1.82, 2.24) is 25.5 Å². The molecule has 0 unspecified atom stereocenters. The molecule has 5 nitrogen and oxygen atoms in total. The lowest BCUT2D eigenvalue weighted by Gasteiger charge is -1.98. The molecule has 1 heterocycles. The average molecular weight is 167 g/mol. The summed E-state index contributed by atoms with van der Waals surface area (Å²) in [7, 11) is 1.75. The van der Waals surface area contributed by atoms with E-state index in [1.54, 1.807) is 7.05 Å². The van der Waals surface area contributed by atoms with E-state index in [0.717, 1.165) is 12.1 Å². The molecule has 0 bridgehead atoms. The van der Waals surface area contributed by atoms with Crippen LogP contribution in [0.15, 0.2) is 12.2 Å². The van der Waals surface area contributed by atoms with E-state index in [1.165, 1.54) is 4.80 Å². The highest BCUT2D eigenvalue weighted by molar-refractivity contribution is 4.91. The number of aryl methyl sites for hydroxylation is 1.